The summed E-state index contributed by atoms with van der Waals surface area (Å²) < 4.78 is 2.70. The summed E-state index contributed by atoms with van der Waals surface area (Å²) in [4.78, 5) is 0. The van der Waals surface area contributed by atoms with E-state index in [1.165, 1.54) is 85.4 Å². The van der Waals surface area contributed by atoms with E-state index in [0.717, 1.165) is 0 Å². The maximum absolute atomic E-state index is 2.81. The van der Waals surface area contributed by atoms with Crippen molar-refractivity contribution in [1.29, 1.82) is 0 Å². The molecule has 0 aliphatic heterocycles. The molecule has 8 aromatic carbocycles. The van der Waals surface area contributed by atoms with Crippen LogP contribution in [0.1, 0.15) is 45.2 Å². The Labute approximate surface area is 309 Å². The number of hydrogen-bond donors (Lipinski definition) is 0. The summed E-state index contributed by atoms with van der Waals surface area (Å²) in [6.45, 7) is 0. The van der Waals surface area contributed by atoms with E-state index in [-0.39, 0.29) is 11.8 Å². The first-order chi connectivity index (χ1) is 25.8. The molecule has 0 fully saturated rings. The molecule has 0 radical (unpaired) electrons. The van der Waals surface area contributed by atoms with Crippen LogP contribution in [0.3, 0.4) is 0 Å². The molecule has 2 heteroatoms. The Bertz CT molecular complexity index is 2700. The van der Waals surface area contributed by atoms with E-state index in [1.54, 1.807) is 0 Å². The van der Waals surface area contributed by atoms with Gasteiger partial charge in [-0.15, -0.1) is 11.3 Å². The molecule has 2 unspecified atom stereocenters. The smallest absolute Gasteiger partial charge is 0.135 e. The first-order valence-electron chi connectivity index (χ1n) is 18.3. The second-order valence-electron chi connectivity index (χ2n) is 14.3. The van der Waals surface area contributed by atoms with E-state index < -0.39 is 8.07 Å². The van der Waals surface area contributed by atoms with Crippen LogP contribution in [0, 0.1) is 0 Å². The molecule has 52 heavy (non-hydrogen) atoms. The van der Waals surface area contributed by atoms with Crippen molar-refractivity contribution in [3.8, 4) is 11.1 Å². The van der Waals surface area contributed by atoms with Crippen molar-refractivity contribution >= 4 is 60.3 Å². The molecule has 2 bridgehead atoms. The molecule has 3 aliphatic rings. The molecular formula is C50H34SSi. The highest BCUT2D eigenvalue weighted by molar-refractivity contribution is 7.25. The van der Waals surface area contributed by atoms with E-state index in [9.17, 15) is 0 Å². The van der Waals surface area contributed by atoms with E-state index in [0.29, 0.717) is 0 Å². The zero-order valence-electron chi connectivity index (χ0n) is 28.5. The third-order valence-corrected chi connectivity index (χ3v) is 17.8. The van der Waals surface area contributed by atoms with Gasteiger partial charge < -0.3 is 0 Å². The minimum Gasteiger partial charge on any atom is -0.135 e. The third-order valence-electron chi connectivity index (χ3n) is 11.8. The predicted octanol–water partition coefficient (Wildman–Crippen LogP) is 10.1. The Morgan fingerprint density at radius 2 is 0.885 bits per heavy atom. The molecule has 1 heterocycles. The number of rotatable bonds is 5. The average Bonchev–Trinajstić information content (AvgIpc) is 3.60. The van der Waals surface area contributed by atoms with Gasteiger partial charge in [0.25, 0.3) is 0 Å². The minimum atomic E-state index is -2.81. The predicted molar refractivity (Wildman–Crippen MR) is 223 cm³/mol. The highest BCUT2D eigenvalue weighted by atomic mass is 32.1. The Balaban J connectivity index is 1.23. The zero-order valence-corrected chi connectivity index (χ0v) is 30.4. The monoisotopic (exact) mass is 694 g/mol. The highest BCUT2D eigenvalue weighted by Gasteiger charge is 2.49. The van der Waals surface area contributed by atoms with Crippen molar-refractivity contribution in [2.45, 2.75) is 11.8 Å². The number of hydrogen-bond acceptors (Lipinski definition) is 1. The van der Waals surface area contributed by atoms with Gasteiger partial charge in [-0.25, -0.2) is 0 Å². The van der Waals surface area contributed by atoms with E-state index in [2.05, 4.69) is 194 Å². The van der Waals surface area contributed by atoms with Gasteiger partial charge in [-0.2, -0.15) is 0 Å². The van der Waals surface area contributed by atoms with Crippen LogP contribution in [0.4, 0.5) is 0 Å². The van der Waals surface area contributed by atoms with Crippen molar-refractivity contribution in [1.82, 2.24) is 0 Å². The van der Waals surface area contributed by atoms with Gasteiger partial charge in [-0.05, 0) is 77.4 Å². The maximum atomic E-state index is 2.49. The maximum Gasteiger partial charge on any atom is 0.179 e. The van der Waals surface area contributed by atoms with Crippen LogP contribution in [0.15, 0.2) is 194 Å². The van der Waals surface area contributed by atoms with Crippen molar-refractivity contribution in [3.05, 3.63) is 228 Å². The summed E-state index contributed by atoms with van der Waals surface area (Å²) in [7, 11) is -2.81. The van der Waals surface area contributed by atoms with Gasteiger partial charge in [0.1, 0.15) is 0 Å². The number of benzene rings is 8. The van der Waals surface area contributed by atoms with Crippen LogP contribution in [-0.4, -0.2) is 8.07 Å². The Morgan fingerprint density at radius 1 is 0.365 bits per heavy atom. The Hall–Kier alpha value is -5.80. The lowest BCUT2D eigenvalue weighted by Crippen LogP contribution is -2.75. The lowest BCUT2D eigenvalue weighted by atomic mass is 9.60. The van der Waals surface area contributed by atoms with Gasteiger partial charge in [0.2, 0.25) is 0 Å². The summed E-state index contributed by atoms with van der Waals surface area (Å²) >= 11 is 1.90. The second kappa shape index (κ2) is 11.6. The average molecular weight is 695 g/mol. The summed E-state index contributed by atoms with van der Waals surface area (Å²) in [5.74, 6) is 0.285. The second-order valence-corrected chi connectivity index (χ2v) is 19.1. The normalized spacial score (nSPS) is 15.7. The fraction of sp³-hybridized carbons (Fsp3) is 0.0400. The van der Waals surface area contributed by atoms with Gasteiger partial charge in [-0.3, -0.25) is 0 Å². The molecule has 0 saturated heterocycles. The SMILES string of the molecule is c1ccc([Si](c2ccccc2)(c2ccccc2)c2cccc3c2C2c4ccccc4C3c3cccc(-c4ccc5c(c4)sc4ccccc45)c32)cc1. The fourth-order valence-corrected chi connectivity index (χ4v) is 16.0. The van der Waals surface area contributed by atoms with Crippen LogP contribution in [0.5, 0.6) is 0 Å². The molecule has 244 valence electrons. The van der Waals surface area contributed by atoms with Crippen molar-refractivity contribution in [3.63, 3.8) is 0 Å². The molecule has 0 amide bonds. The topological polar surface area (TPSA) is 0 Å². The summed E-state index contributed by atoms with van der Waals surface area (Å²) in [5, 5.41) is 8.44. The van der Waals surface area contributed by atoms with Gasteiger partial charge in [-0.1, -0.05) is 182 Å². The van der Waals surface area contributed by atoms with Crippen LogP contribution in [0.25, 0.3) is 31.3 Å². The highest BCUT2D eigenvalue weighted by Crippen LogP contribution is 2.57. The molecule has 1 aromatic heterocycles. The van der Waals surface area contributed by atoms with Gasteiger partial charge in [0, 0.05) is 32.0 Å². The molecule has 9 aromatic rings. The Kier molecular flexibility index (Phi) is 6.67. The van der Waals surface area contributed by atoms with E-state index >= 15 is 0 Å². The quantitative estimate of drug-likeness (QED) is 0.124. The molecule has 0 nitrogen and oxygen atoms in total. The summed E-state index contributed by atoms with van der Waals surface area (Å²) in [6, 6.07) is 73.9. The minimum absolute atomic E-state index is 0.111. The van der Waals surface area contributed by atoms with Crippen molar-refractivity contribution in [2.24, 2.45) is 0 Å². The number of fused-ring (bicyclic) bond motifs is 3. The van der Waals surface area contributed by atoms with Crippen molar-refractivity contribution in [2.75, 3.05) is 0 Å². The summed E-state index contributed by atoms with van der Waals surface area (Å²) in [5.41, 5.74) is 11.5. The Morgan fingerprint density at radius 3 is 1.56 bits per heavy atom. The standard InChI is InChI=1S/C50H34SSi/c1-4-16-34(17-5-1)52(35-18-6-2-7-19-35,36-20-8-3-9-21-36)46-29-15-27-43-47-40-23-10-11-24-41(40)50(49(43)46)48-37(25-14-26-42(47)48)33-30-31-39-38-22-12-13-28-44(38)51-45(39)32-33/h1-32,47,50H. The first-order valence-corrected chi connectivity index (χ1v) is 21.1. The van der Waals surface area contributed by atoms with Crippen LogP contribution in [0.2, 0.25) is 0 Å². The van der Waals surface area contributed by atoms with E-state index in [4.69, 9.17) is 0 Å². The lowest BCUT2D eigenvalue weighted by Gasteiger charge is -2.47. The van der Waals surface area contributed by atoms with Gasteiger partial charge >= 0.3 is 0 Å². The van der Waals surface area contributed by atoms with Gasteiger partial charge in [0.05, 0.1) is 0 Å². The molecule has 0 spiro atoms. The lowest BCUT2D eigenvalue weighted by molar-refractivity contribution is 0.760. The molecule has 12 rings (SSSR count). The van der Waals surface area contributed by atoms with Gasteiger partial charge in [0.15, 0.2) is 8.07 Å². The molecule has 0 saturated carbocycles. The molecule has 3 aliphatic carbocycles. The fourth-order valence-electron chi connectivity index (χ4n) is 9.81. The zero-order chi connectivity index (χ0) is 34.2. The van der Waals surface area contributed by atoms with E-state index in [1.807, 2.05) is 11.3 Å². The molecule has 2 atom stereocenters. The largest absolute Gasteiger partial charge is 0.179 e. The first kappa shape index (κ1) is 29.9. The van der Waals surface area contributed by atoms with Crippen LogP contribution in [-0.2, 0) is 0 Å². The number of thiophene rings is 1. The summed E-state index contributed by atoms with van der Waals surface area (Å²) in [6.07, 6.45) is 0. The molecular weight excluding hydrogens is 661 g/mol. The third kappa shape index (κ3) is 4.14. The van der Waals surface area contributed by atoms with Crippen LogP contribution >= 0.6 is 11.3 Å². The van der Waals surface area contributed by atoms with Crippen LogP contribution < -0.4 is 20.7 Å². The van der Waals surface area contributed by atoms with Crippen molar-refractivity contribution < 1.29 is 0 Å². The molecule has 0 N–H and O–H groups in total.